The van der Waals surface area contributed by atoms with Gasteiger partial charge in [-0.2, -0.15) is 11.8 Å². The highest BCUT2D eigenvalue weighted by atomic mass is 32.2. The lowest BCUT2D eigenvalue weighted by Gasteiger charge is -2.25. The minimum Gasteiger partial charge on any atom is -0.508 e. The predicted molar refractivity (Wildman–Crippen MR) is 153 cm³/mol. The number of rotatable bonds is 19. The topological polar surface area (TPSA) is 273 Å². The fourth-order valence-corrected chi connectivity index (χ4v) is 4.08. The van der Waals surface area contributed by atoms with Gasteiger partial charge in [-0.05, 0) is 61.8 Å². The molecule has 228 valence electrons. The van der Waals surface area contributed by atoms with E-state index in [4.69, 9.17) is 22.3 Å². The van der Waals surface area contributed by atoms with Crippen molar-refractivity contribution in [3.05, 3.63) is 29.8 Å². The summed E-state index contributed by atoms with van der Waals surface area (Å²) in [7, 11) is 0. The summed E-state index contributed by atoms with van der Waals surface area (Å²) in [6, 6.07) is 1.18. The van der Waals surface area contributed by atoms with Crippen LogP contribution in [-0.2, 0) is 30.4 Å². The second kappa shape index (κ2) is 18.3. The summed E-state index contributed by atoms with van der Waals surface area (Å²) >= 11 is 1.38. The van der Waals surface area contributed by atoms with E-state index in [1.807, 2.05) is 0 Å². The van der Waals surface area contributed by atoms with Crippen molar-refractivity contribution in [2.45, 2.75) is 62.7 Å². The summed E-state index contributed by atoms with van der Waals surface area (Å²) in [5.41, 5.74) is 17.4. The average Bonchev–Trinajstić information content (AvgIpc) is 2.90. The van der Waals surface area contributed by atoms with Crippen LogP contribution in [0.25, 0.3) is 0 Å². The Balaban J connectivity index is 3.06. The normalized spacial score (nSPS) is 13.6. The number of hydrogen-bond donors (Lipinski definition) is 9. The van der Waals surface area contributed by atoms with Crippen LogP contribution >= 0.6 is 11.8 Å². The Hall–Kier alpha value is -4.05. The lowest BCUT2D eigenvalue weighted by molar-refractivity contribution is -0.143. The number of phenols is 1. The van der Waals surface area contributed by atoms with Crippen molar-refractivity contribution in [3.8, 4) is 5.75 Å². The molecule has 0 heterocycles. The molecule has 0 aromatic heterocycles. The molecule has 4 unspecified atom stereocenters. The fourth-order valence-electron chi connectivity index (χ4n) is 3.60. The van der Waals surface area contributed by atoms with Gasteiger partial charge in [-0.3, -0.25) is 24.2 Å². The molecule has 0 saturated heterocycles. The molecular formula is C25H39N7O8S. The Morgan fingerprint density at radius 2 is 1.44 bits per heavy atom. The summed E-state index contributed by atoms with van der Waals surface area (Å²) in [5, 5.41) is 35.3. The number of nitrogens with two attached hydrogens (primary N) is 3. The second-order valence-corrected chi connectivity index (χ2v) is 10.1. The van der Waals surface area contributed by atoms with E-state index in [2.05, 4.69) is 20.9 Å². The zero-order valence-electron chi connectivity index (χ0n) is 22.7. The maximum atomic E-state index is 13.2. The molecule has 0 aliphatic carbocycles. The van der Waals surface area contributed by atoms with E-state index in [9.17, 15) is 34.2 Å². The summed E-state index contributed by atoms with van der Waals surface area (Å²) in [6.07, 6.45) is 1.48. The van der Waals surface area contributed by atoms with Crippen LogP contribution in [0.3, 0.4) is 0 Å². The average molecular weight is 598 g/mol. The third-order valence-electron chi connectivity index (χ3n) is 5.81. The van der Waals surface area contributed by atoms with E-state index in [-0.39, 0.29) is 50.4 Å². The maximum absolute atomic E-state index is 13.2. The fraction of sp³-hybridized carbons (Fsp3) is 0.520. The van der Waals surface area contributed by atoms with Crippen molar-refractivity contribution in [1.29, 1.82) is 0 Å². The number of carbonyl (C=O) groups excluding carboxylic acids is 3. The van der Waals surface area contributed by atoms with Crippen molar-refractivity contribution in [3.63, 3.8) is 0 Å². The molecule has 0 saturated carbocycles. The number of carboxylic acids is 2. The van der Waals surface area contributed by atoms with Gasteiger partial charge in [-0.25, -0.2) is 4.79 Å². The lowest BCUT2D eigenvalue weighted by Crippen LogP contribution is -2.57. The quantitative estimate of drug-likeness (QED) is 0.0499. The molecule has 1 rings (SSSR count). The molecule has 41 heavy (non-hydrogen) atoms. The van der Waals surface area contributed by atoms with Crippen molar-refractivity contribution < 1.29 is 39.3 Å². The first-order chi connectivity index (χ1) is 19.3. The Morgan fingerprint density at radius 1 is 0.878 bits per heavy atom. The van der Waals surface area contributed by atoms with Gasteiger partial charge in [-0.1, -0.05) is 12.1 Å². The van der Waals surface area contributed by atoms with E-state index < -0.39 is 60.2 Å². The first kappa shape index (κ1) is 35.0. The molecule has 0 aliphatic heterocycles. The number of carboxylic acid groups (broad SMARTS) is 2. The summed E-state index contributed by atoms with van der Waals surface area (Å²) in [5.74, 6) is -4.52. The molecule has 3 amide bonds. The number of aromatic hydroxyl groups is 1. The molecule has 0 aliphatic rings. The molecule has 0 bridgehead atoms. The van der Waals surface area contributed by atoms with Crippen molar-refractivity contribution >= 4 is 47.4 Å². The number of guanidine groups is 1. The predicted octanol–water partition coefficient (Wildman–Crippen LogP) is -1.53. The molecule has 16 heteroatoms. The van der Waals surface area contributed by atoms with Crippen LogP contribution < -0.4 is 33.2 Å². The zero-order valence-corrected chi connectivity index (χ0v) is 23.6. The molecular weight excluding hydrogens is 558 g/mol. The summed E-state index contributed by atoms with van der Waals surface area (Å²) < 4.78 is 0. The Morgan fingerprint density at radius 3 is 1.98 bits per heavy atom. The smallest absolute Gasteiger partial charge is 0.326 e. The second-order valence-electron chi connectivity index (χ2n) is 9.16. The van der Waals surface area contributed by atoms with Gasteiger partial charge in [0.1, 0.15) is 23.9 Å². The number of hydrogen-bond acceptors (Lipinski definition) is 9. The van der Waals surface area contributed by atoms with Crippen LogP contribution in [0.1, 0.15) is 37.7 Å². The minimum atomic E-state index is -1.39. The molecule has 1 aromatic rings. The van der Waals surface area contributed by atoms with Crippen LogP contribution in [0.2, 0.25) is 0 Å². The Labute approximate surface area is 241 Å². The summed E-state index contributed by atoms with van der Waals surface area (Å²) in [4.78, 5) is 65.6. The number of benzene rings is 1. The van der Waals surface area contributed by atoms with E-state index in [1.54, 1.807) is 18.4 Å². The van der Waals surface area contributed by atoms with Gasteiger partial charge in [0.2, 0.25) is 17.7 Å². The Kier molecular flexibility index (Phi) is 15.6. The molecule has 1 aromatic carbocycles. The van der Waals surface area contributed by atoms with Crippen molar-refractivity contribution in [2.75, 3.05) is 18.6 Å². The third-order valence-corrected chi connectivity index (χ3v) is 6.46. The van der Waals surface area contributed by atoms with Crippen LogP contribution in [0.4, 0.5) is 0 Å². The number of aliphatic imine (C=N–C) groups is 1. The Bertz CT molecular complexity index is 1070. The van der Waals surface area contributed by atoms with Crippen LogP contribution in [0, 0.1) is 0 Å². The van der Waals surface area contributed by atoms with Crippen molar-refractivity contribution in [2.24, 2.45) is 22.2 Å². The molecule has 12 N–H and O–H groups in total. The van der Waals surface area contributed by atoms with Gasteiger partial charge in [0, 0.05) is 13.0 Å². The lowest BCUT2D eigenvalue weighted by atomic mass is 10.0. The monoisotopic (exact) mass is 597 g/mol. The van der Waals surface area contributed by atoms with E-state index in [0.29, 0.717) is 11.3 Å². The molecule has 15 nitrogen and oxygen atoms in total. The third kappa shape index (κ3) is 14.2. The van der Waals surface area contributed by atoms with Gasteiger partial charge in [0.25, 0.3) is 0 Å². The molecule has 0 fully saturated rings. The number of phenolic OH excluding ortho intramolecular Hbond substituents is 1. The number of aliphatic carboxylic acids is 2. The highest BCUT2D eigenvalue weighted by Crippen LogP contribution is 2.11. The maximum Gasteiger partial charge on any atom is 0.326 e. The molecule has 0 spiro atoms. The standard InChI is InChI=1S/C25H39N7O8S/c1-41-12-10-19(24(39)40)32-23(38)18(8-9-20(34)35)31-22(37)17(3-2-11-29-25(27)28)30-21(36)16(26)13-14-4-6-15(33)7-5-14/h4-7,16-19,33H,2-3,8-13,26H2,1H3,(H,30,36)(H,31,37)(H,32,38)(H,34,35)(H,39,40)(H4,27,28,29). The van der Waals surface area contributed by atoms with E-state index >= 15 is 0 Å². The number of thioether (sulfide) groups is 1. The molecule has 0 radical (unpaired) electrons. The zero-order chi connectivity index (χ0) is 30.9. The SMILES string of the molecule is CSCCC(NC(=O)C(CCC(=O)O)NC(=O)C(CCCN=C(N)N)NC(=O)C(N)Cc1ccc(O)cc1)C(=O)O. The van der Waals surface area contributed by atoms with Gasteiger partial charge >= 0.3 is 11.9 Å². The summed E-state index contributed by atoms with van der Waals surface area (Å²) in [6.45, 7) is 0.139. The van der Waals surface area contributed by atoms with Crippen LogP contribution in [0.15, 0.2) is 29.3 Å². The first-order valence-corrected chi connectivity index (χ1v) is 14.2. The largest absolute Gasteiger partial charge is 0.508 e. The van der Waals surface area contributed by atoms with Gasteiger partial charge < -0.3 is 48.5 Å². The minimum absolute atomic E-state index is 0.0407. The van der Waals surface area contributed by atoms with Crippen molar-refractivity contribution in [1.82, 2.24) is 16.0 Å². The first-order valence-electron chi connectivity index (χ1n) is 12.8. The van der Waals surface area contributed by atoms with Crippen LogP contribution in [-0.4, -0.2) is 93.7 Å². The highest BCUT2D eigenvalue weighted by molar-refractivity contribution is 7.98. The van der Waals surface area contributed by atoms with E-state index in [0.717, 1.165) is 0 Å². The van der Waals surface area contributed by atoms with Gasteiger partial charge in [0.05, 0.1) is 6.04 Å². The molecule has 4 atom stereocenters. The van der Waals surface area contributed by atoms with Gasteiger partial charge in [-0.15, -0.1) is 0 Å². The number of amides is 3. The van der Waals surface area contributed by atoms with E-state index in [1.165, 1.54) is 23.9 Å². The van der Waals surface area contributed by atoms with Gasteiger partial charge in [0.15, 0.2) is 5.96 Å². The number of carbonyl (C=O) groups is 5. The number of nitrogens with one attached hydrogen (secondary N) is 3. The number of nitrogens with zero attached hydrogens (tertiary/aromatic N) is 1. The highest BCUT2D eigenvalue weighted by Gasteiger charge is 2.30. The van der Waals surface area contributed by atoms with Crippen LogP contribution in [0.5, 0.6) is 5.75 Å².